The Kier molecular flexibility index (Phi) is 7.52. The van der Waals surface area contributed by atoms with Crippen LogP contribution in [0.1, 0.15) is 27.0 Å². The Bertz CT molecular complexity index is 473. The lowest BCUT2D eigenvalue weighted by molar-refractivity contribution is -0.138. The molecule has 20 heavy (non-hydrogen) atoms. The van der Waals surface area contributed by atoms with Crippen molar-refractivity contribution < 1.29 is 27.8 Å². The summed E-state index contributed by atoms with van der Waals surface area (Å²) in [5, 5.41) is 8.80. The average molecular weight is 355 g/mol. The number of aliphatic hydroxyl groups is 1. The van der Waals surface area contributed by atoms with Crippen molar-refractivity contribution in [3.63, 3.8) is 0 Å². The average Bonchev–Trinajstić information content (AvgIpc) is 2.45. The lowest BCUT2D eigenvalue weighted by atomic mass is 9.98. The van der Waals surface area contributed by atoms with E-state index in [2.05, 4.69) is 33.8 Å². The number of benzene rings is 1. The maximum Gasteiger partial charge on any atom is 0.416 e. The number of halogens is 4. The van der Waals surface area contributed by atoms with Crippen LogP contribution in [0.4, 0.5) is 13.2 Å². The predicted octanol–water partition coefficient (Wildman–Crippen LogP) is 3.68. The summed E-state index contributed by atoms with van der Waals surface area (Å²) in [7, 11) is 1.08. The molecule has 0 bridgehead atoms. The van der Waals surface area contributed by atoms with Gasteiger partial charge >= 0.3 is 12.1 Å². The van der Waals surface area contributed by atoms with E-state index in [4.69, 9.17) is 5.11 Å². The third-order valence-corrected chi connectivity index (χ3v) is 2.90. The van der Waals surface area contributed by atoms with Crippen molar-refractivity contribution in [2.45, 2.75) is 18.1 Å². The second kappa shape index (κ2) is 8.06. The molecule has 1 rings (SSSR count). The van der Waals surface area contributed by atoms with Crippen LogP contribution in [0.3, 0.4) is 0 Å². The minimum atomic E-state index is -4.60. The molecular formula is C13H14BrF3O3. The molecule has 0 unspecified atom stereocenters. The van der Waals surface area contributed by atoms with E-state index in [1.807, 2.05) is 0 Å². The fraction of sp³-hybridized carbons (Fsp3) is 0.308. The second-order valence-electron chi connectivity index (χ2n) is 3.45. The Hall–Kier alpha value is -1.34. The van der Waals surface area contributed by atoms with Gasteiger partial charge in [-0.2, -0.15) is 13.2 Å². The molecule has 0 aliphatic heterocycles. The van der Waals surface area contributed by atoms with Crippen LogP contribution >= 0.6 is 15.9 Å². The van der Waals surface area contributed by atoms with Gasteiger partial charge in [0.1, 0.15) is 0 Å². The number of methoxy groups -OCH3 is 1. The zero-order valence-corrected chi connectivity index (χ0v) is 12.3. The Morgan fingerprint density at radius 1 is 1.40 bits per heavy atom. The molecule has 0 atom stereocenters. The Balaban J connectivity index is 0.00000172. The molecule has 0 heterocycles. The first kappa shape index (κ1) is 18.7. The summed E-state index contributed by atoms with van der Waals surface area (Å²) in [5.41, 5.74) is -1.35. The zero-order chi connectivity index (χ0) is 15.9. The van der Waals surface area contributed by atoms with Crippen molar-refractivity contribution >= 4 is 21.9 Å². The van der Waals surface area contributed by atoms with E-state index in [1.165, 1.54) is 6.07 Å². The van der Waals surface area contributed by atoms with E-state index in [0.717, 1.165) is 13.2 Å². The van der Waals surface area contributed by atoms with Crippen LogP contribution in [0.25, 0.3) is 0 Å². The number of aliphatic hydroxyl groups excluding tert-OH is 1. The molecule has 0 aromatic heterocycles. The molecule has 0 spiro atoms. The first-order valence-electron chi connectivity index (χ1n) is 5.33. The predicted molar refractivity (Wildman–Crippen MR) is 72.6 cm³/mol. The normalized spacial score (nSPS) is 10.5. The van der Waals surface area contributed by atoms with E-state index < -0.39 is 24.3 Å². The van der Waals surface area contributed by atoms with Crippen molar-refractivity contribution in [1.29, 1.82) is 0 Å². The van der Waals surface area contributed by atoms with E-state index in [-0.39, 0.29) is 22.0 Å². The van der Waals surface area contributed by atoms with Crippen LogP contribution in [-0.2, 0) is 22.9 Å². The standard InChI is InChI=1S/C11H10BrF3O3.C2H4/c1-18-10(17)7-2-6(5-16)3-9(8(7)4-12)11(13,14)15;1-2/h2-3,16H,4-5H2,1H3;1-2H2. The van der Waals surface area contributed by atoms with Crippen molar-refractivity contribution in [1.82, 2.24) is 0 Å². The van der Waals surface area contributed by atoms with Gasteiger partial charge in [0, 0.05) is 5.33 Å². The van der Waals surface area contributed by atoms with Crippen LogP contribution in [0, 0.1) is 0 Å². The number of hydrogen-bond donors (Lipinski definition) is 1. The topological polar surface area (TPSA) is 46.5 Å². The second-order valence-corrected chi connectivity index (χ2v) is 4.01. The van der Waals surface area contributed by atoms with Crippen LogP contribution in [-0.4, -0.2) is 18.2 Å². The Morgan fingerprint density at radius 2 is 1.95 bits per heavy atom. The SMILES string of the molecule is C=C.COC(=O)c1cc(CO)cc(C(F)(F)F)c1CBr. The number of esters is 1. The third-order valence-electron chi connectivity index (χ3n) is 2.34. The van der Waals surface area contributed by atoms with Crippen LogP contribution < -0.4 is 0 Å². The van der Waals surface area contributed by atoms with Gasteiger partial charge in [0.2, 0.25) is 0 Å². The number of alkyl halides is 4. The molecule has 0 saturated heterocycles. The molecule has 0 radical (unpaired) electrons. The molecule has 1 aromatic rings. The lowest BCUT2D eigenvalue weighted by Gasteiger charge is -2.16. The van der Waals surface area contributed by atoms with Gasteiger partial charge in [-0.15, -0.1) is 13.2 Å². The smallest absolute Gasteiger partial charge is 0.416 e. The molecule has 1 N–H and O–H groups in total. The van der Waals surface area contributed by atoms with Crippen molar-refractivity contribution in [3.8, 4) is 0 Å². The van der Waals surface area contributed by atoms with Gasteiger partial charge in [0.25, 0.3) is 0 Å². The number of ether oxygens (including phenoxy) is 1. The van der Waals surface area contributed by atoms with Crippen molar-refractivity contribution in [3.05, 3.63) is 47.5 Å². The summed E-state index contributed by atoms with van der Waals surface area (Å²) in [5.74, 6) is -0.870. The van der Waals surface area contributed by atoms with Gasteiger partial charge in [0.05, 0.1) is 24.8 Å². The minimum Gasteiger partial charge on any atom is -0.465 e. The molecule has 1 aromatic carbocycles. The van der Waals surface area contributed by atoms with Crippen LogP contribution in [0.5, 0.6) is 0 Å². The summed E-state index contributed by atoms with van der Waals surface area (Å²) in [6.07, 6.45) is -4.60. The van der Waals surface area contributed by atoms with Gasteiger partial charge in [-0.3, -0.25) is 0 Å². The zero-order valence-electron chi connectivity index (χ0n) is 10.8. The highest BCUT2D eigenvalue weighted by molar-refractivity contribution is 9.08. The van der Waals surface area contributed by atoms with E-state index >= 15 is 0 Å². The fourth-order valence-electron chi connectivity index (χ4n) is 1.51. The highest BCUT2D eigenvalue weighted by Gasteiger charge is 2.35. The van der Waals surface area contributed by atoms with Gasteiger partial charge in [-0.25, -0.2) is 4.79 Å². The van der Waals surface area contributed by atoms with Gasteiger partial charge in [-0.1, -0.05) is 15.9 Å². The first-order valence-corrected chi connectivity index (χ1v) is 6.45. The van der Waals surface area contributed by atoms with Gasteiger partial charge in [-0.05, 0) is 23.3 Å². The van der Waals surface area contributed by atoms with Crippen LogP contribution in [0.2, 0.25) is 0 Å². The molecule has 112 valence electrons. The molecular weight excluding hydrogens is 341 g/mol. The van der Waals surface area contributed by atoms with E-state index in [1.54, 1.807) is 0 Å². The number of carbonyl (C=O) groups excluding carboxylic acids is 1. The quantitative estimate of drug-likeness (QED) is 0.511. The first-order chi connectivity index (χ1) is 9.35. The van der Waals surface area contributed by atoms with Gasteiger partial charge in [0.15, 0.2) is 0 Å². The maximum atomic E-state index is 12.8. The Labute approximate surface area is 123 Å². The van der Waals surface area contributed by atoms with Crippen molar-refractivity contribution in [2.75, 3.05) is 7.11 Å². The molecule has 7 heteroatoms. The highest BCUT2D eigenvalue weighted by atomic mass is 79.9. The monoisotopic (exact) mass is 354 g/mol. The molecule has 0 aliphatic rings. The maximum absolute atomic E-state index is 12.8. The number of rotatable bonds is 3. The fourth-order valence-corrected chi connectivity index (χ4v) is 2.12. The molecule has 3 nitrogen and oxygen atoms in total. The summed E-state index contributed by atoms with van der Waals surface area (Å²) < 4.78 is 43.0. The molecule has 0 aliphatic carbocycles. The molecule has 0 amide bonds. The molecule has 0 fully saturated rings. The summed E-state index contributed by atoms with van der Waals surface area (Å²) in [6.45, 7) is 5.41. The molecule has 0 saturated carbocycles. The van der Waals surface area contributed by atoms with Crippen LogP contribution in [0.15, 0.2) is 25.3 Å². The van der Waals surface area contributed by atoms with E-state index in [9.17, 15) is 18.0 Å². The summed E-state index contributed by atoms with van der Waals surface area (Å²) in [4.78, 5) is 11.4. The minimum absolute atomic E-state index is 0.00687. The summed E-state index contributed by atoms with van der Waals surface area (Å²) >= 11 is 2.93. The van der Waals surface area contributed by atoms with E-state index in [0.29, 0.717) is 0 Å². The lowest BCUT2D eigenvalue weighted by Crippen LogP contribution is -2.15. The third kappa shape index (κ3) is 4.35. The van der Waals surface area contributed by atoms with Gasteiger partial charge < -0.3 is 9.84 Å². The largest absolute Gasteiger partial charge is 0.465 e. The summed E-state index contributed by atoms with van der Waals surface area (Å²) in [6, 6.07) is 2.01. The van der Waals surface area contributed by atoms with Crippen molar-refractivity contribution in [2.24, 2.45) is 0 Å². The highest BCUT2D eigenvalue weighted by Crippen LogP contribution is 2.35. The number of carbonyl (C=O) groups is 1. The number of hydrogen-bond acceptors (Lipinski definition) is 3. The Morgan fingerprint density at radius 3 is 2.30 bits per heavy atom.